The van der Waals surface area contributed by atoms with Crippen molar-refractivity contribution < 1.29 is 4.79 Å². The Morgan fingerprint density at radius 2 is 2.05 bits per heavy atom. The quantitative estimate of drug-likeness (QED) is 0.927. The molecule has 1 aromatic rings. The summed E-state index contributed by atoms with van der Waals surface area (Å²) < 4.78 is 2.17. The molecule has 6 nitrogen and oxygen atoms in total. The molecular weight excluding hydrogens is 266 g/mol. The Balaban J connectivity index is 1.78. The van der Waals surface area contributed by atoms with Crippen LogP contribution in [-0.4, -0.2) is 37.8 Å². The van der Waals surface area contributed by atoms with E-state index in [9.17, 15) is 4.79 Å². The van der Waals surface area contributed by atoms with E-state index < -0.39 is 0 Å². The van der Waals surface area contributed by atoms with Crippen LogP contribution in [-0.2, 0) is 13.0 Å². The summed E-state index contributed by atoms with van der Waals surface area (Å²) in [6, 6.07) is -0.0615. The summed E-state index contributed by atoms with van der Waals surface area (Å²) in [7, 11) is 0. The van der Waals surface area contributed by atoms with Crippen molar-refractivity contribution in [2.45, 2.75) is 65.1 Å². The number of nitrogens with one attached hydrogen (secondary N) is 1. The predicted molar refractivity (Wildman–Crippen MR) is 79.9 cm³/mol. The fraction of sp³-hybridized carbons (Fsp3) is 0.800. The van der Waals surface area contributed by atoms with Crippen molar-refractivity contribution in [3.63, 3.8) is 0 Å². The van der Waals surface area contributed by atoms with E-state index in [2.05, 4.69) is 47.8 Å². The summed E-state index contributed by atoms with van der Waals surface area (Å²) >= 11 is 0. The molecule has 21 heavy (non-hydrogen) atoms. The molecular formula is C15H25N5O. The highest BCUT2D eigenvalue weighted by molar-refractivity contribution is 5.76. The van der Waals surface area contributed by atoms with Crippen molar-refractivity contribution in [3.8, 4) is 0 Å². The van der Waals surface area contributed by atoms with E-state index in [0.29, 0.717) is 0 Å². The Morgan fingerprint density at radius 3 is 2.62 bits per heavy atom. The second kappa shape index (κ2) is 5.00. The number of aryl methyl sites for hydroxylation is 1. The van der Waals surface area contributed by atoms with E-state index in [1.165, 1.54) is 0 Å². The average molecular weight is 291 g/mol. The van der Waals surface area contributed by atoms with Crippen LogP contribution >= 0.6 is 0 Å². The number of rotatable bonds is 3. The number of hydrogen-bond acceptors (Lipinski definition) is 3. The van der Waals surface area contributed by atoms with Crippen molar-refractivity contribution in [1.82, 2.24) is 25.0 Å². The number of amides is 2. The molecule has 6 heteroatoms. The maximum atomic E-state index is 12.5. The van der Waals surface area contributed by atoms with Gasteiger partial charge in [0.05, 0.1) is 6.04 Å². The third-order valence-corrected chi connectivity index (χ3v) is 4.78. The lowest BCUT2D eigenvalue weighted by Crippen LogP contribution is -2.61. The van der Waals surface area contributed by atoms with Crippen LogP contribution in [0.3, 0.4) is 0 Å². The molecule has 0 aliphatic carbocycles. The summed E-state index contributed by atoms with van der Waals surface area (Å²) in [6.07, 6.45) is 3.17. The van der Waals surface area contributed by atoms with E-state index in [0.717, 1.165) is 44.0 Å². The van der Waals surface area contributed by atoms with Gasteiger partial charge >= 0.3 is 6.03 Å². The molecule has 3 heterocycles. The molecule has 0 spiro atoms. The van der Waals surface area contributed by atoms with Crippen LogP contribution in [0.5, 0.6) is 0 Å². The molecule has 1 aromatic heterocycles. The topological polar surface area (TPSA) is 63.1 Å². The number of carbonyl (C=O) groups excluding carboxylic acids is 1. The van der Waals surface area contributed by atoms with Gasteiger partial charge in [0.2, 0.25) is 0 Å². The first-order valence-electron chi connectivity index (χ1n) is 7.90. The zero-order chi connectivity index (χ0) is 15.2. The highest BCUT2D eigenvalue weighted by Gasteiger charge is 2.40. The fourth-order valence-corrected chi connectivity index (χ4v) is 3.19. The van der Waals surface area contributed by atoms with Crippen molar-refractivity contribution in [2.75, 3.05) is 6.54 Å². The van der Waals surface area contributed by atoms with E-state index in [1.807, 2.05) is 4.90 Å². The maximum Gasteiger partial charge on any atom is 0.318 e. The van der Waals surface area contributed by atoms with Crippen LogP contribution in [0.15, 0.2) is 0 Å². The molecule has 1 atom stereocenters. The standard InChI is InChI=1S/C15H25N5O/c1-10(2)12(13-18-17-11-6-5-8-19(11)13)16-14(21)20-9-7-15(20,3)4/h10,12H,5-9H2,1-4H3,(H,16,21)/t12-/m1/s1. The molecule has 2 aliphatic rings. The molecule has 1 fully saturated rings. The fourth-order valence-electron chi connectivity index (χ4n) is 3.19. The molecule has 0 bridgehead atoms. The number of nitrogens with zero attached hydrogens (tertiary/aromatic N) is 4. The van der Waals surface area contributed by atoms with Gasteiger partial charge in [-0.05, 0) is 32.6 Å². The normalized spacial score (nSPS) is 21.1. The number of carbonyl (C=O) groups is 1. The lowest BCUT2D eigenvalue weighted by atomic mass is 9.89. The largest absolute Gasteiger partial charge is 0.328 e. The van der Waals surface area contributed by atoms with Crippen LogP contribution < -0.4 is 5.32 Å². The molecule has 0 radical (unpaired) electrons. The van der Waals surface area contributed by atoms with Gasteiger partial charge < -0.3 is 14.8 Å². The second-order valence-electron chi connectivity index (χ2n) is 7.11. The third kappa shape index (κ3) is 2.40. The monoisotopic (exact) mass is 291 g/mol. The summed E-state index contributed by atoms with van der Waals surface area (Å²) in [5.74, 6) is 2.24. The molecule has 2 amide bonds. The number of fused-ring (bicyclic) bond motifs is 1. The molecule has 116 valence electrons. The minimum absolute atomic E-state index is 0.0142. The summed E-state index contributed by atoms with van der Waals surface area (Å²) in [5.41, 5.74) is -0.0294. The number of likely N-dealkylation sites (tertiary alicyclic amines) is 1. The predicted octanol–water partition coefficient (Wildman–Crippen LogP) is 2.12. The first-order chi connectivity index (χ1) is 9.90. The van der Waals surface area contributed by atoms with Gasteiger partial charge in [-0.1, -0.05) is 13.8 Å². The summed E-state index contributed by atoms with van der Waals surface area (Å²) in [5, 5.41) is 11.8. The van der Waals surface area contributed by atoms with Crippen molar-refractivity contribution >= 4 is 6.03 Å². The van der Waals surface area contributed by atoms with E-state index in [4.69, 9.17) is 0 Å². The highest BCUT2D eigenvalue weighted by Crippen LogP contribution is 2.31. The Bertz CT molecular complexity index is 548. The molecule has 1 N–H and O–H groups in total. The molecule has 3 rings (SSSR count). The SMILES string of the molecule is CC(C)[C@@H](NC(=O)N1CCC1(C)C)c1nnc2n1CCC2. The first-order valence-corrected chi connectivity index (χ1v) is 7.90. The summed E-state index contributed by atoms with van der Waals surface area (Å²) in [4.78, 5) is 14.4. The number of aromatic nitrogens is 3. The first kappa shape index (κ1) is 14.4. The van der Waals surface area contributed by atoms with Crippen molar-refractivity contribution in [2.24, 2.45) is 5.92 Å². The van der Waals surface area contributed by atoms with Gasteiger partial charge in [-0.2, -0.15) is 0 Å². The van der Waals surface area contributed by atoms with Gasteiger partial charge in [0.25, 0.3) is 0 Å². The minimum Gasteiger partial charge on any atom is -0.328 e. The lowest BCUT2D eigenvalue weighted by molar-refractivity contribution is 0.0503. The van der Waals surface area contributed by atoms with Crippen LogP contribution in [0, 0.1) is 5.92 Å². The van der Waals surface area contributed by atoms with Crippen LogP contribution in [0.25, 0.3) is 0 Å². The van der Waals surface area contributed by atoms with Crippen LogP contribution in [0.4, 0.5) is 4.79 Å². The smallest absolute Gasteiger partial charge is 0.318 e. The average Bonchev–Trinajstić information content (AvgIpc) is 2.97. The van der Waals surface area contributed by atoms with Gasteiger partial charge in [-0.25, -0.2) is 4.79 Å². The van der Waals surface area contributed by atoms with Gasteiger partial charge in [-0.3, -0.25) is 0 Å². The van der Waals surface area contributed by atoms with Gasteiger partial charge in [0.1, 0.15) is 5.82 Å². The Morgan fingerprint density at radius 1 is 1.29 bits per heavy atom. The van der Waals surface area contributed by atoms with E-state index in [1.54, 1.807) is 0 Å². The van der Waals surface area contributed by atoms with Gasteiger partial charge in [0.15, 0.2) is 5.82 Å². The van der Waals surface area contributed by atoms with Crippen molar-refractivity contribution in [1.29, 1.82) is 0 Å². The van der Waals surface area contributed by atoms with E-state index >= 15 is 0 Å². The number of urea groups is 1. The van der Waals surface area contributed by atoms with E-state index in [-0.39, 0.29) is 23.5 Å². The molecule has 0 unspecified atom stereocenters. The Hall–Kier alpha value is -1.59. The molecule has 2 aliphatic heterocycles. The highest BCUT2D eigenvalue weighted by atomic mass is 16.2. The van der Waals surface area contributed by atoms with Crippen LogP contribution in [0.1, 0.15) is 58.2 Å². The van der Waals surface area contributed by atoms with Crippen LogP contribution in [0.2, 0.25) is 0 Å². The number of hydrogen-bond donors (Lipinski definition) is 1. The molecule has 0 saturated carbocycles. The summed E-state index contributed by atoms with van der Waals surface area (Å²) in [6.45, 7) is 10.2. The maximum absolute atomic E-state index is 12.5. The third-order valence-electron chi connectivity index (χ3n) is 4.78. The van der Waals surface area contributed by atoms with Crippen molar-refractivity contribution in [3.05, 3.63) is 11.6 Å². The van der Waals surface area contributed by atoms with Gasteiger partial charge in [-0.15, -0.1) is 10.2 Å². The zero-order valence-electron chi connectivity index (χ0n) is 13.4. The zero-order valence-corrected chi connectivity index (χ0v) is 13.4. The molecule has 0 aromatic carbocycles. The Kier molecular flexibility index (Phi) is 3.42. The van der Waals surface area contributed by atoms with Gasteiger partial charge in [0, 0.05) is 25.0 Å². The minimum atomic E-state index is -0.0757. The lowest BCUT2D eigenvalue weighted by Gasteiger charge is -2.48. The molecule has 1 saturated heterocycles. The second-order valence-corrected chi connectivity index (χ2v) is 7.11. The Labute approximate surface area is 125 Å².